The molecule has 0 fully saturated rings. The summed E-state index contributed by atoms with van der Waals surface area (Å²) in [6.45, 7) is 0. The molecule has 0 saturated carbocycles. The number of nitrogens with two attached hydrogens (primary N) is 1. The van der Waals surface area contributed by atoms with E-state index in [2.05, 4.69) is 4.98 Å². The van der Waals surface area contributed by atoms with Gasteiger partial charge in [-0.25, -0.2) is 0 Å². The van der Waals surface area contributed by atoms with Gasteiger partial charge in [-0.15, -0.1) is 0 Å². The predicted molar refractivity (Wildman–Crippen MR) is 69.1 cm³/mol. The van der Waals surface area contributed by atoms with Gasteiger partial charge in [0.1, 0.15) is 6.04 Å². The summed E-state index contributed by atoms with van der Waals surface area (Å²) < 4.78 is 10.4. The number of aliphatic carboxylic acids is 1. The van der Waals surface area contributed by atoms with Crippen molar-refractivity contribution in [3.8, 4) is 11.5 Å². The second-order valence-electron chi connectivity index (χ2n) is 3.45. The molecule has 1 atom stereocenters. The van der Waals surface area contributed by atoms with Crippen LogP contribution in [0.3, 0.4) is 0 Å². The summed E-state index contributed by atoms with van der Waals surface area (Å²) >= 11 is 1.39. The number of pyridine rings is 1. The number of carboxylic acids is 1. The Bertz CT molecular complexity index is 414. The number of hydrogen-bond donors (Lipinski definition) is 2. The van der Waals surface area contributed by atoms with Crippen molar-refractivity contribution in [2.45, 2.75) is 11.8 Å². The smallest absolute Gasteiger partial charge is 0.321 e. The van der Waals surface area contributed by atoms with E-state index in [-0.39, 0.29) is 0 Å². The maximum absolute atomic E-state index is 10.6. The molecule has 1 heterocycles. The van der Waals surface area contributed by atoms with E-state index in [4.69, 9.17) is 20.3 Å². The first kappa shape index (κ1) is 14.6. The van der Waals surface area contributed by atoms with Crippen molar-refractivity contribution in [3.63, 3.8) is 0 Å². The van der Waals surface area contributed by atoms with Crippen molar-refractivity contribution in [1.82, 2.24) is 4.98 Å². The van der Waals surface area contributed by atoms with Crippen molar-refractivity contribution in [1.29, 1.82) is 0 Å². The van der Waals surface area contributed by atoms with Gasteiger partial charge >= 0.3 is 5.97 Å². The second kappa shape index (κ2) is 7.07. The number of nitrogens with zero attached hydrogens (tertiary/aromatic N) is 1. The number of thioether (sulfide) groups is 1. The highest BCUT2D eigenvalue weighted by Crippen LogP contribution is 2.31. The Morgan fingerprint density at radius 3 is 2.83 bits per heavy atom. The van der Waals surface area contributed by atoms with Crippen LogP contribution in [-0.2, 0) is 10.5 Å². The molecule has 1 aromatic rings. The van der Waals surface area contributed by atoms with E-state index in [1.165, 1.54) is 18.9 Å². The minimum Gasteiger partial charge on any atom is -0.493 e. The largest absolute Gasteiger partial charge is 0.493 e. The molecule has 0 amide bonds. The van der Waals surface area contributed by atoms with Crippen molar-refractivity contribution < 1.29 is 19.4 Å². The summed E-state index contributed by atoms with van der Waals surface area (Å²) in [4.78, 5) is 14.8. The van der Waals surface area contributed by atoms with Crippen LogP contribution in [0.5, 0.6) is 11.5 Å². The second-order valence-corrected chi connectivity index (χ2v) is 4.48. The van der Waals surface area contributed by atoms with Gasteiger partial charge in [0.25, 0.3) is 0 Å². The van der Waals surface area contributed by atoms with Crippen LogP contribution in [0.4, 0.5) is 0 Å². The van der Waals surface area contributed by atoms with Crippen molar-refractivity contribution in [2.24, 2.45) is 5.73 Å². The van der Waals surface area contributed by atoms with Gasteiger partial charge in [0.2, 0.25) is 0 Å². The van der Waals surface area contributed by atoms with Gasteiger partial charge in [0.05, 0.1) is 19.9 Å². The normalized spacial score (nSPS) is 11.9. The van der Waals surface area contributed by atoms with E-state index in [9.17, 15) is 4.79 Å². The number of hydrogen-bond acceptors (Lipinski definition) is 6. The fourth-order valence-corrected chi connectivity index (χ4v) is 2.22. The number of carbonyl (C=O) groups is 1. The molecule has 0 saturated heterocycles. The fraction of sp³-hybridized carbons (Fsp3) is 0.455. The van der Waals surface area contributed by atoms with Crippen molar-refractivity contribution >= 4 is 17.7 Å². The third-order valence-electron chi connectivity index (χ3n) is 2.22. The maximum Gasteiger partial charge on any atom is 0.321 e. The number of rotatable bonds is 7. The number of methoxy groups -OCH3 is 2. The summed E-state index contributed by atoms with van der Waals surface area (Å²) in [7, 11) is 3.09. The van der Waals surface area contributed by atoms with Gasteiger partial charge in [0, 0.05) is 23.8 Å². The summed E-state index contributed by atoms with van der Waals surface area (Å²) in [5.74, 6) is 0.994. The zero-order valence-electron chi connectivity index (χ0n) is 10.3. The molecule has 0 spiro atoms. The summed E-state index contributed by atoms with van der Waals surface area (Å²) in [5.41, 5.74) is 6.12. The average molecular weight is 272 g/mol. The Morgan fingerprint density at radius 2 is 2.28 bits per heavy atom. The van der Waals surface area contributed by atoms with Gasteiger partial charge in [-0.1, -0.05) is 0 Å². The molecule has 0 aliphatic heterocycles. The zero-order chi connectivity index (χ0) is 13.5. The lowest BCUT2D eigenvalue weighted by atomic mass is 10.3. The molecule has 0 unspecified atom stereocenters. The lowest BCUT2D eigenvalue weighted by molar-refractivity contribution is -0.137. The predicted octanol–water partition coefficient (Wildman–Crippen LogP) is 0.744. The van der Waals surface area contributed by atoms with Crippen LogP contribution in [-0.4, -0.2) is 42.1 Å². The van der Waals surface area contributed by atoms with E-state index in [0.717, 1.165) is 0 Å². The number of carboxylic acid groups (broad SMARTS) is 1. The van der Waals surface area contributed by atoms with Crippen LogP contribution < -0.4 is 15.2 Å². The molecule has 3 N–H and O–H groups in total. The van der Waals surface area contributed by atoms with E-state index >= 15 is 0 Å². The lowest BCUT2D eigenvalue weighted by Gasteiger charge is -2.11. The highest BCUT2D eigenvalue weighted by Gasteiger charge is 2.14. The van der Waals surface area contributed by atoms with Gasteiger partial charge in [-0.05, 0) is 0 Å². The van der Waals surface area contributed by atoms with Gasteiger partial charge in [-0.2, -0.15) is 11.8 Å². The molecular weight excluding hydrogens is 256 g/mol. The Labute approximate surface area is 109 Å². The Morgan fingerprint density at radius 1 is 1.56 bits per heavy atom. The van der Waals surface area contributed by atoms with Crippen LogP contribution in [0.1, 0.15) is 5.69 Å². The molecule has 0 bridgehead atoms. The van der Waals surface area contributed by atoms with Crippen molar-refractivity contribution in [3.05, 3.63) is 18.0 Å². The highest BCUT2D eigenvalue weighted by molar-refractivity contribution is 7.98. The van der Waals surface area contributed by atoms with Crippen LogP contribution in [0.25, 0.3) is 0 Å². The van der Waals surface area contributed by atoms with Gasteiger partial charge in [0.15, 0.2) is 11.5 Å². The maximum atomic E-state index is 10.6. The molecule has 1 rings (SSSR count). The van der Waals surface area contributed by atoms with Crippen LogP contribution in [0.15, 0.2) is 12.3 Å². The molecule has 100 valence electrons. The minimum atomic E-state index is -1.01. The van der Waals surface area contributed by atoms with Gasteiger partial charge in [-0.3, -0.25) is 9.78 Å². The molecule has 1 aromatic heterocycles. The van der Waals surface area contributed by atoms with Crippen molar-refractivity contribution in [2.75, 3.05) is 20.0 Å². The molecule has 0 radical (unpaired) electrons. The quantitative estimate of drug-likeness (QED) is 0.756. The van der Waals surface area contributed by atoms with Crippen LogP contribution in [0.2, 0.25) is 0 Å². The summed E-state index contributed by atoms with van der Waals surface area (Å²) in [6.07, 6.45) is 1.62. The first-order valence-electron chi connectivity index (χ1n) is 5.22. The standard InChI is InChI=1S/C11H16N2O4S/c1-16-9-3-4-13-8(10(9)17-2)6-18-5-7(12)11(14)15/h3-4,7H,5-6,12H2,1-2H3,(H,14,15)/t7-/m0/s1. The molecular formula is C11H16N2O4S. The molecule has 0 aromatic carbocycles. The average Bonchev–Trinajstić information content (AvgIpc) is 2.37. The summed E-state index contributed by atoms with van der Waals surface area (Å²) in [6, 6.07) is 0.835. The van der Waals surface area contributed by atoms with E-state index in [1.807, 2.05) is 0 Å². The first-order valence-corrected chi connectivity index (χ1v) is 6.37. The fourth-order valence-electron chi connectivity index (χ4n) is 1.31. The SMILES string of the molecule is COc1ccnc(CSC[C@H](N)C(=O)O)c1OC. The Balaban J connectivity index is 2.64. The minimum absolute atomic E-state index is 0.317. The van der Waals surface area contributed by atoms with E-state index in [1.54, 1.807) is 19.4 Å². The Hall–Kier alpha value is -1.47. The molecule has 7 heteroatoms. The molecule has 0 aliphatic rings. The monoisotopic (exact) mass is 272 g/mol. The molecule has 6 nitrogen and oxygen atoms in total. The zero-order valence-corrected chi connectivity index (χ0v) is 11.1. The lowest BCUT2D eigenvalue weighted by Crippen LogP contribution is -2.32. The molecule has 18 heavy (non-hydrogen) atoms. The van der Waals surface area contributed by atoms with E-state index in [0.29, 0.717) is 28.7 Å². The summed E-state index contributed by atoms with van der Waals surface area (Å²) in [5, 5.41) is 8.66. The number of ether oxygens (including phenoxy) is 2. The first-order chi connectivity index (χ1) is 8.60. The number of aromatic nitrogens is 1. The van der Waals surface area contributed by atoms with Gasteiger partial charge < -0.3 is 20.3 Å². The third kappa shape index (κ3) is 3.78. The Kier molecular flexibility index (Phi) is 5.73. The van der Waals surface area contributed by atoms with Crippen LogP contribution in [0, 0.1) is 0 Å². The topological polar surface area (TPSA) is 94.7 Å². The highest BCUT2D eigenvalue weighted by atomic mass is 32.2. The van der Waals surface area contributed by atoms with E-state index < -0.39 is 12.0 Å². The molecule has 0 aliphatic carbocycles. The van der Waals surface area contributed by atoms with Crippen LogP contribution >= 0.6 is 11.8 Å². The third-order valence-corrected chi connectivity index (χ3v) is 3.29.